The molecule has 0 rings (SSSR count). The fourth-order valence-electron chi connectivity index (χ4n) is 1.20. The average Bonchev–Trinajstić information content (AvgIpc) is 2.16. The normalized spacial score (nSPS) is 11.1. The first-order chi connectivity index (χ1) is 7.52. The second kappa shape index (κ2) is 9.57. The molecule has 0 aliphatic carbocycles. The number of rotatable bonds is 9. The van der Waals surface area contributed by atoms with E-state index in [9.17, 15) is 4.79 Å². The number of nitrogens with zero attached hydrogens (tertiary/aromatic N) is 2. The number of hydrogen-bond donors (Lipinski definition) is 2. The molecule has 0 aliphatic rings. The van der Waals surface area contributed by atoms with Crippen molar-refractivity contribution in [3.05, 3.63) is 0 Å². The summed E-state index contributed by atoms with van der Waals surface area (Å²) in [6.45, 7) is 3.95. The molecule has 0 atom stereocenters. The zero-order chi connectivity index (χ0) is 12.4. The van der Waals surface area contributed by atoms with Crippen LogP contribution in [0, 0.1) is 0 Å². The SMILES string of the molecule is CN(C)CCCNCC(=O)NCCN(C)C. The van der Waals surface area contributed by atoms with Gasteiger partial charge in [-0.05, 0) is 47.7 Å². The third-order valence-corrected chi connectivity index (χ3v) is 2.13. The standard InChI is InChI=1S/C11H26N4O/c1-14(2)8-5-6-12-10-11(16)13-7-9-15(3)4/h12H,5-10H2,1-4H3,(H,13,16). The number of nitrogens with one attached hydrogen (secondary N) is 2. The second-order valence-electron chi connectivity index (χ2n) is 4.49. The van der Waals surface area contributed by atoms with Crippen molar-refractivity contribution in [1.82, 2.24) is 20.4 Å². The number of carbonyl (C=O) groups excluding carboxylic acids is 1. The van der Waals surface area contributed by atoms with Crippen LogP contribution in [0.2, 0.25) is 0 Å². The minimum Gasteiger partial charge on any atom is -0.354 e. The lowest BCUT2D eigenvalue weighted by Gasteiger charge is -2.11. The Bertz CT molecular complexity index is 183. The van der Waals surface area contributed by atoms with Gasteiger partial charge in [0, 0.05) is 13.1 Å². The lowest BCUT2D eigenvalue weighted by Crippen LogP contribution is -2.38. The first kappa shape index (κ1) is 15.3. The zero-order valence-corrected chi connectivity index (χ0v) is 11.0. The minimum absolute atomic E-state index is 0.0757. The Morgan fingerprint density at radius 3 is 2.19 bits per heavy atom. The highest BCUT2D eigenvalue weighted by Crippen LogP contribution is 1.80. The molecule has 5 nitrogen and oxygen atoms in total. The van der Waals surface area contributed by atoms with Crippen LogP contribution >= 0.6 is 0 Å². The largest absolute Gasteiger partial charge is 0.354 e. The van der Waals surface area contributed by atoms with Gasteiger partial charge in [-0.3, -0.25) is 4.79 Å². The van der Waals surface area contributed by atoms with Gasteiger partial charge in [-0.15, -0.1) is 0 Å². The van der Waals surface area contributed by atoms with E-state index in [1.807, 2.05) is 33.1 Å². The van der Waals surface area contributed by atoms with Crippen LogP contribution in [0.25, 0.3) is 0 Å². The molecule has 0 fully saturated rings. The van der Waals surface area contributed by atoms with E-state index in [1.165, 1.54) is 0 Å². The Morgan fingerprint density at radius 1 is 1.00 bits per heavy atom. The molecule has 5 heteroatoms. The summed E-state index contributed by atoms with van der Waals surface area (Å²) in [6.07, 6.45) is 1.07. The van der Waals surface area contributed by atoms with Gasteiger partial charge >= 0.3 is 0 Å². The van der Waals surface area contributed by atoms with E-state index >= 15 is 0 Å². The van der Waals surface area contributed by atoms with Gasteiger partial charge in [0.1, 0.15) is 0 Å². The molecule has 0 saturated heterocycles. The Hall–Kier alpha value is -0.650. The molecule has 0 saturated carbocycles. The monoisotopic (exact) mass is 230 g/mol. The number of hydrogen-bond acceptors (Lipinski definition) is 4. The first-order valence-electron chi connectivity index (χ1n) is 5.79. The molecule has 0 aromatic rings. The Balaban J connectivity index is 3.24. The van der Waals surface area contributed by atoms with E-state index in [4.69, 9.17) is 0 Å². The van der Waals surface area contributed by atoms with Crippen LogP contribution in [0.4, 0.5) is 0 Å². The van der Waals surface area contributed by atoms with Crippen molar-refractivity contribution in [1.29, 1.82) is 0 Å². The van der Waals surface area contributed by atoms with E-state index in [1.54, 1.807) is 0 Å². The summed E-state index contributed by atoms with van der Waals surface area (Å²) >= 11 is 0. The molecule has 0 unspecified atom stereocenters. The molecule has 0 heterocycles. The van der Waals surface area contributed by atoms with Crippen LogP contribution in [-0.4, -0.2) is 76.6 Å². The minimum atomic E-state index is 0.0757. The van der Waals surface area contributed by atoms with Gasteiger partial charge in [0.25, 0.3) is 0 Å². The maximum Gasteiger partial charge on any atom is 0.234 e. The third-order valence-electron chi connectivity index (χ3n) is 2.13. The summed E-state index contributed by atoms with van der Waals surface area (Å²) in [4.78, 5) is 15.5. The highest BCUT2D eigenvalue weighted by molar-refractivity contribution is 5.77. The molecule has 0 aromatic heterocycles. The molecule has 0 aliphatic heterocycles. The number of likely N-dealkylation sites (N-methyl/N-ethyl adjacent to an activating group) is 1. The second-order valence-corrected chi connectivity index (χ2v) is 4.49. The molecular formula is C11H26N4O. The molecule has 0 radical (unpaired) electrons. The Labute approximate surface area is 99.2 Å². The van der Waals surface area contributed by atoms with E-state index in [0.29, 0.717) is 13.1 Å². The predicted molar refractivity (Wildman–Crippen MR) is 67.6 cm³/mol. The van der Waals surface area contributed by atoms with Crippen molar-refractivity contribution >= 4 is 5.91 Å². The summed E-state index contributed by atoms with van der Waals surface area (Å²) < 4.78 is 0. The molecule has 96 valence electrons. The highest BCUT2D eigenvalue weighted by Gasteiger charge is 1.99. The molecular weight excluding hydrogens is 204 g/mol. The Kier molecular flexibility index (Phi) is 9.18. The smallest absolute Gasteiger partial charge is 0.234 e. The van der Waals surface area contributed by atoms with Crippen molar-refractivity contribution in [2.24, 2.45) is 0 Å². The molecule has 0 bridgehead atoms. The summed E-state index contributed by atoms with van der Waals surface area (Å²) in [5.41, 5.74) is 0. The van der Waals surface area contributed by atoms with Crippen LogP contribution in [0.15, 0.2) is 0 Å². The highest BCUT2D eigenvalue weighted by atomic mass is 16.1. The topological polar surface area (TPSA) is 47.6 Å². The van der Waals surface area contributed by atoms with Crippen molar-refractivity contribution in [2.45, 2.75) is 6.42 Å². The van der Waals surface area contributed by atoms with Crippen molar-refractivity contribution in [3.8, 4) is 0 Å². The number of amides is 1. The molecule has 0 aromatic carbocycles. The van der Waals surface area contributed by atoms with Crippen LogP contribution in [0.1, 0.15) is 6.42 Å². The van der Waals surface area contributed by atoms with Gasteiger partial charge in [0.15, 0.2) is 0 Å². The first-order valence-corrected chi connectivity index (χ1v) is 5.79. The third kappa shape index (κ3) is 11.4. The van der Waals surface area contributed by atoms with Crippen LogP contribution in [-0.2, 0) is 4.79 Å². The maximum atomic E-state index is 11.3. The lowest BCUT2D eigenvalue weighted by atomic mass is 10.4. The fraction of sp³-hybridized carbons (Fsp3) is 0.909. The molecule has 0 spiro atoms. The number of carbonyl (C=O) groups is 1. The molecule has 16 heavy (non-hydrogen) atoms. The Morgan fingerprint density at radius 2 is 1.62 bits per heavy atom. The molecule has 2 N–H and O–H groups in total. The van der Waals surface area contributed by atoms with Crippen LogP contribution in [0.5, 0.6) is 0 Å². The molecule has 1 amide bonds. The van der Waals surface area contributed by atoms with E-state index < -0.39 is 0 Å². The van der Waals surface area contributed by atoms with Gasteiger partial charge in [-0.1, -0.05) is 0 Å². The van der Waals surface area contributed by atoms with Gasteiger partial charge < -0.3 is 20.4 Å². The fourth-order valence-corrected chi connectivity index (χ4v) is 1.20. The zero-order valence-electron chi connectivity index (χ0n) is 11.0. The van der Waals surface area contributed by atoms with Crippen molar-refractivity contribution < 1.29 is 4.79 Å². The van der Waals surface area contributed by atoms with E-state index in [-0.39, 0.29) is 5.91 Å². The summed E-state index contributed by atoms with van der Waals surface area (Å²) in [5, 5.41) is 5.99. The van der Waals surface area contributed by atoms with Gasteiger partial charge in [-0.2, -0.15) is 0 Å². The maximum absolute atomic E-state index is 11.3. The quantitative estimate of drug-likeness (QED) is 0.510. The van der Waals surface area contributed by atoms with Gasteiger partial charge in [0.05, 0.1) is 6.54 Å². The summed E-state index contributed by atoms with van der Waals surface area (Å²) in [5.74, 6) is 0.0757. The average molecular weight is 230 g/mol. The van der Waals surface area contributed by atoms with E-state index in [2.05, 4.69) is 15.5 Å². The van der Waals surface area contributed by atoms with Crippen LogP contribution in [0.3, 0.4) is 0 Å². The summed E-state index contributed by atoms with van der Waals surface area (Å²) in [7, 11) is 8.08. The van der Waals surface area contributed by atoms with Gasteiger partial charge in [0.2, 0.25) is 5.91 Å². The summed E-state index contributed by atoms with van der Waals surface area (Å²) in [6, 6.07) is 0. The van der Waals surface area contributed by atoms with Crippen molar-refractivity contribution in [2.75, 3.05) is 60.9 Å². The van der Waals surface area contributed by atoms with Crippen LogP contribution < -0.4 is 10.6 Å². The van der Waals surface area contributed by atoms with E-state index in [0.717, 1.165) is 26.1 Å². The van der Waals surface area contributed by atoms with Gasteiger partial charge in [-0.25, -0.2) is 0 Å². The van der Waals surface area contributed by atoms with Crippen molar-refractivity contribution in [3.63, 3.8) is 0 Å². The lowest BCUT2D eigenvalue weighted by molar-refractivity contribution is -0.120. The predicted octanol–water partition coefficient (Wildman–Crippen LogP) is -0.794.